The molecule has 0 aliphatic carbocycles. The Morgan fingerprint density at radius 3 is 2.67 bits per heavy atom. The molecule has 1 unspecified atom stereocenters. The van der Waals surface area contributed by atoms with E-state index in [0.29, 0.717) is 5.56 Å². The zero-order chi connectivity index (χ0) is 11.1. The fraction of sp³-hybridized carbons (Fsp3) is 0.308. The Morgan fingerprint density at radius 2 is 2.07 bits per heavy atom. The molecule has 2 heteroatoms. The number of hydrogen-bond acceptors (Lipinski definition) is 2. The average molecular weight is 202 g/mol. The maximum absolute atomic E-state index is 11.4. The molecule has 1 rings (SSSR count). The molecule has 15 heavy (non-hydrogen) atoms. The highest BCUT2D eigenvalue weighted by Gasteiger charge is 2.03. The van der Waals surface area contributed by atoms with Gasteiger partial charge < -0.3 is 4.74 Å². The van der Waals surface area contributed by atoms with Crippen LogP contribution in [-0.4, -0.2) is 5.97 Å². The predicted octanol–water partition coefficient (Wildman–Crippen LogP) is 2.85. The van der Waals surface area contributed by atoms with Crippen LogP contribution in [0.25, 0.3) is 0 Å². The quantitative estimate of drug-likeness (QED) is 0.544. The van der Waals surface area contributed by atoms with E-state index < -0.39 is 5.97 Å². The molecule has 0 aromatic heterocycles. The van der Waals surface area contributed by atoms with Crippen molar-refractivity contribution in [2.24, 2.45) is 5.92 Å². The molecule has 0 N–H and O–H groups in total. The van der Waals surface area contributed by atoms with Gasteiger partial charge in [0.1, 0.15) is 6.11 Å². The molecule has 1 aromatic rings. The molecule has 78 valence electrons. The minimum Gasteiger partial charge on any atom is -0.369 e. The van der Waals surface area contributed by atoms with Crippen LogP contribution in [0.4, 0.5) is 0 Å². The molecule has 2 nitrogen and oxygen atoms in total. The first-order valence-electron chi connectivity index (χ1n) is 5.00. The number of carbonyl (C=O) groups excluding carboxylic acids is 1. The summed E-state index contributed by atoms with van der Waals surface area (Å²) in [5, 5.41) is 0. The zero-order valence-corrected chi connectivity index (χ0v) is 8.99. The summed E-state index contributed by atoms with van der Waals surface area (Å²) in [5.41, 5.74) is 0.524. The van der Waals surface area contributed by atoms with Crippen molar-refractivity contribution in [2.75, 3.05) is 0 Å². The summed E-state index contributed by atoms with van der Waals surface area (Å²) in [6.45, 7) is 4.03. The minimum absolute atomic E-state index is 0.258. The van der Waals surface area contributed by atoms with Crippen molar-refractivity contribution >= 4 is 5.97 Å². The summed E-state index contributed by atoms with van der Waals surface area (Å²) >= 11 is 0. The van der Waals surface area contributed by atoms with Gasteiger partial charge in [0.25, 0.3) is 0 Å². The lowest BCUT2D eigenvalue weighted by Gasteiger charge is -1.96. The van der Waals surface area contributed by atoms with Crippen LogP contribution in [-0.2, 0) is 4.74 Å². The third-order valence-electron chi connectivity index (χ3n) is 2.07. The highest BCUT2D eigenvalue weighted by Crippen LogP contribution is 2.01. The van der Waals surface area contributed by atoms with Crippen LogP contribution in [0.15, 0.2) is 30.3 Å². The third-order valence-corrected chi connectivity index (χ3v) is 2.07. The summed E-state index contributed by atoms with van der Waals surface area (Å²) in [6, 6.07) is 8.83. The van der Waals surface area contributed by atoms with Gasteiger partial charge in [-0.25, -0.2) is 4.79 Å². The Morgan fingerprint density at radius 1 is 1.40 bits per heavy atom. The third kappa shape index (κ3) is 3.86. The lowest BCUT2D eigenvalue weighted by Crippen LogP contribution is -2.00. The van der Waals surface area contributed by atoms with Gasteiger partial charge in [0.2, 0.25) is 0 Å². The van der Waals surface area contributed by atoms with Crippen molar-refractivity contribution in [1.29, 1.82) is 0 Å². The second kappa shape index (κ2) is 5.87. The maximum Gasteiger partial charge on any atom is 0.352 e. The van der Waals surface area contributed by atoms with Crippen LogP contribution in [0.2, 0.25) is 0 Å². The summed E-state index contributed by atoms with van der Waals surface area (Å²) in [6.07, 6.45) is 3.39. The van der Waals surface area contributed by atoms with Gasteiger partial charge in [-0.05, 0) is 18.6 Å². The van der Waals surface area contributed by atoms with Crippen molar-refractivity contribution in [3.8, 4) is 12.0 Å². The predicted molar refractivity (Wildman–Crippen MR) is 59.1 cm³/mol. The second-order valence-electron chi connectivity index (χ2n) is 3.31. The van der Waals surface area contributed by atoms with Gasteiger partial charge in [0, 0.05) is 5.92 Å². The molecular formula is C13H14O2. The topological polar surface area (TPSA) is 26.3 Å². The van der Waals surface area contributed by atoms with Crippen LogP contribution in [0, 0.1) is 17.9 Å². The zero-order valence-electron chi connectivity index (χ0n) is 8.99. The largest absolute Gasteiger partial charge is 0.369 e. The summed E-state index contributed by atoms with van der Waals surface area (Å²) in [4.78, 5) is 11.4. The Bertz CT molecular complexity index is 371. The Labute approximate surface area is 90.3 Å². The van der Waals surface area contributed by atoms with Crippen LogP contribution in [0.3, 0.4) is 0 Å². The smallest absolute Gasteiger partial charge is 0.352 e. The average Bonchev–Trinajstić information content (AvgIpc) is 2.29. The van der Waals surface area contributed by atoms with Gasteiger partial charge in [0.05, 0.1) is 5.56 Å². The lowest BCUT2D eigenvalue weighted by atomic mass is 10.1. The Balaban J connectivity index is 2.53. The normalized spacial score (nSPS) is 11.1. The second-order valence-corrected chi connectivity index (χ2v) is 3.31. The molecule has 0 bridgehead atoms. The van der Waals surface area contributed by atoms with E-state index in [-0.39, 0.29) is 5.92 Å². The van der Waals surface area contributed by atoms with Gasteiger partial charge in [-0.2, -0.15) is 0 Å². The fourth-order valence-corrected chi connectivity index (χ4v) is 0.912. The summed E-state index contributed by atoms with van der Waals surface area (Å²) in [5.74, 6) is 2.70. The lowest BCUT2D eigenvalue weighted by molar-refractivity contribution is 0.0690. The number of carbonyl (C=O) groups is 1. The van der Waals surface area contributed by atoms with E-state index in [1.54, 1.807) is 24.3 Å². The number of ether oxygens (including phenoxy) is 1. The van der Waals surface area contributed by atoms with E-state index in [1.807, 2.05) is 19.9 Å². The molecule has 0 aliphatic heterocycles. The van der Waals surface area contributed by atoms with E-state index in [9.17, 15) is 4.79 Å². The SMILES string of the molecule is CCC(C)C#COC(=O)c1ccccc1. The molecule has 0 saturated heterocycles. The van der Waals surface area contributed by atoms with Crippen molar-refractivity contribution < 1.29 is 9.53 Å². The summed E-state index contributed by atoms with van der Waals surface area (Å²) < 4.78 is 4.80. The highest BCUT2D eigenvalue weighted by atomic mass is 16.5. The molecule has 0 spiro atoms. The van der Waals surface area contributed by atoms with Gasteiger partial charge in [0.15, 0.2) is 0 Å². The van der Waals surface area contributed by atoms with Crippen molar-refractivity contribution in [3.63, 3.8) is 0 Å². The number of esters is 1. The van der Waals surface area contributed by atoms with Crippen molar-refractivity contribution in [1.82, 2.24) is 0 Å². The van der Waals surface area contributed by atoms with E-state index in [4.69, 9.17) is 4.74 Å². The maximum atomic E-state index is 11.4. The van der Waals surface area contributed by atoms with E-state index >= 15 is 0 Å². The first kappa shape index (κ1) is 11.3. The van der Waals surface area contributed by atoms with Gasteiger partial charge in [-0.1, -0.05) is 38.0 Å². The number of hydrogen-bond donors (Lipinski definition) is 0. The molecule has 0 heterocycles. The first-order chi connectivity index (χ1) is 7.24. The molecule has 0 fully saturated rings. The van der Waals surface area contributed by atoms with Crippen molar-refractivity contribution in [2.45, 2.75) is 20.3 Å². The number of rotatable bonds is 2. The molecule has 1 aromatic carbocycles. The van der Waals surface area contributed by atoms with E-state index in [1.165, 1.54) is 0 Å². The van der Waals surface area contributed by atoms with Gasteiger partial charge >= 0.3 is 5.97 Å². The van der Waals surface area contributed by atoms with Crippen LogP contribution >= 0.6 is 0 Å². The van der Waals surface area contributed by atoms with Gasteiger partial charge in [-0.15, -0.1) is 0 Å². The van der Waals surface area contributed by atoms with Crippen LogP contribution in [0.5, 0.6) is 0 Å². The molecule has 1 atom stereocenters. The standard InChI is InChI=1S/C13H14O2/c1-3-11(2)9-10-15-13(14)12-7-5-4-6-8-12/h4-8,11H,3H2,1-2H3. The van der Waals surface area contributed by atoms with Crippen LogP contribution < -0.4 is 0 Å². The van der Waals surface area contributed by atoms with E-state index in [0.717, 1.165) is 6.42 Å². The Hall–Kier alpha value is -1.75. The first-order valence-corrected chi connectivity index (χ1v) is 5.00. The molecular weight excluding hydrogens is 188 g/mol. The molecule has 0 radical (unpaired) electrons. The van der Waals surface area contributed by atoms with Crippen LogP contribution in [0.1, 0.15) is 30.6 Å². The molecule has 0 saturated carbocycles. The Kier molecular flexibility index (Phi) is 4.43. The fourth-order valence-electron chi connectivity index (χ4n) is 0.912. The minimum atomic E-state index is -0.397. The monoisotopic (exact) mass is 202 g/mol. The number of benzene rings is 1. The molecule has 0 aliphatic rings. The van der Waals surface area contributed by atoms with Crippen molar-refractivity contribution in [3.05, 3.63) is 35.9 Å². The highest BCUT2D eigenvalue weighted by molar-refractivity contribution is 5.89. The van der Waals surface area contributed by atoms with E-state index in [2.05, 4.69) is 12.0 Å². The van der Waals surface area contributed by atoms with Gasteiger partial charge in [-0.3, -0.25) is 0 Å². The summed E-state index contributed by atoms with van der Waals surface area (Å²) in [7, 11) is 0. The molecule has 0 amide bonds.